The minimum Gasteiger partial charge on any atom is -0.364 e. The number of aryl methyl sites for hydroxylation is 1. The quantitative estimate of drug-likeness (QED) is 0.415. The highest BCUT2D eigenvalue weighted by Gasteiger charge is 2.36. The summed E-state index contributed by atoms with van der Waals surface area (Å²) in [4.78, 5) is 15.4. The van der Waals surface area contributed by atoms with Crippen molar-refractivity contribution >= 4 is 28.9 Å². The smallest absolute Gasteiger partial charge is 0.364 e. The normalized spacial score (nSPS) is 11.6. The van der Waals surface area contributed by atoms with Gasteiger partial charge < -0.3 is 11.1 Å². The number of rotatable bonds is 5. The molecule has 2 aromatic carbocycles. The van der Waals surface area contributed by atoms with Crippen LogP contribution in [0.15, 0.2) is 48.7 Å². The molecule has 0 atom stereocenters. The Morgan fingerprint density at radius 1 is 1.12 bits per heavy atom. The van der Waals surface area contributed by atoms with E-state index in [1.165, 1.54) is 43.6 Å². The van der Waals surface area contributed by atoms with E-state index < -0.39 is 23.7 Å². The lowest BCUT2D eigenvalue weighted by atomic mass is 10.2. The summed E-state index contributed by atoms with van der Waals surface area (Å²) in [5.74, 6) is -2.74. The van der Waals surface area contributed by atoms with E-state index in [-0.39, 0.29) is 27.9 Å². The molecule has 0 aliphatic carbocycles. The van der Waals surface area contributed by atoms with Crippen molar-refractivity contribution in [3.05, 3.63) is 71.0 Å². The fourth-order valence-electron chi connectivity index (χ4n) is 3.08. The van der Waals surface area contributed by atoms with Crippen molar-refractivity contribution in [3.63, 3.8) is 0 Å². The van der Waals surface area contributed by atoms with Crippen molar-refractivity contribution < 1.29 is 22.4 Å². The molecule has 13 heteroatoms. The highest BCUT2D eigenvalue weighted by Crippen LogP contribution is 2.30. The number of carbonyl (C=O) groups is 1. The van der Waals surface area contributed by atoms with E-state index in [4.69, 9.17) is 17.3 Å². The van der Waals surface area contributed by atoms with Crippen molar-refractivity contribution in [2.24, 2.45) is 12.8 Å². The molecule has 3 N–H and O–H groups in total. The van der Waals surface area contributed by atoms with Crippen molar-refractivity contribution in [1.29, 1.82) is 0 Å². The van der Waals surface area contributed by atoms with Gasteiger partial charge in [-0.05, 0) is 36.4 Å². The van der Waals surface area contributed by atoms with Crippen LogP contribution in [0.2, 0.25) is 5.02 Å². The van der Waals surface area contributed by atoms with Crippen molar-refractivity contribution in [3.8, 4) is 17.1 Å². The van der Waals surface area contributed by atoms with Gasteiger partial charge in [-0.15, -0.1) is 5.10 Å². The van der Waals surface area contributed by atoms with Crippen LogP contribution in [-0.2, 0) is 13.2 Å². The number of nitrogens with zero attached hydrogens (tertiary/aromatic N) is 5. The second kappa shape index (κ2) is 8.20. The van der Waals surface area contributed by atoms with Crippen molar-refractivity contribution in [1.82, 2.24) is 24.5 Å². The number of alkyl halides is 3. The number of hydrogen-bond acceptors (Lipinski definition) is 5. The van der Waals surface area contributed by atoms with E-state index >= 15 is 0 Å². The first-order valence-electron chi connectivity index (χ1n) is 9.24. The summed E-state index contributed by atoms with van der Waals surface area (Å²) in [5.41, 5.74) is 6.19. The summed E-state index contributed by atoms with van der Waals surface area (Å²) in [6.45, 7) is 0. The zero-order chi connectivity index (χ0) is 23.9. The summed E-state index contributed by atoms with van der Waals surface area (Å²) in [6.07, 6.45) is -3.32. The van der Waals surface area contributed by atoms with Crippen molar-refractivity contribution in [2.75, 3.05) is 5.32 Å². The van der Waals surface area contributed by atoms with Gasteiger partial charge in [-0.2, -0.15) is 18.3 Å². The third-order valence-electron chi connectivity index (χ3n) is 4.55. The van der Waals surface area contributed by atoms with E-state index in [1.54, 1.807) is 12.1 Å². The Kier molecular flexibility index (Phi) is 5.54. The number of hydrogen-bond donors (Lipinski definition) is 2. The first kappa shape index (κ1) is 22.3. The van der Waals surface area contributed by atoms with Crippen LogP contribution in [-0.4, -0.2) is 30.5 Å². The Balaban J connectivity index is 1.64. The third kappa shape index (κ3) is 4.37. The molecular weight excluding hydrogens is 466 g/mol. The number of aromatic nitrogens is 5. The molecular formula is C20H14ClF4N7O. The van der Waals surface area contributed by atoms with Gasteiger partial charge in [0.25, 0.3) is 11.7 Å². The summed E-state index contributed by atoms with van der Waals surface area (Å²) in [6, 6.07) is 10.2. The Labute approximate surface area is 188 Å². The third-order valence-corrected chi connectivity index (χ3v) is 4.86. The summed E-state index contributed by atoms with van der Waals surface area (Å²) in [7, 11) is 1.35. The predicted molar refractivity (Wildman–Crippen MR) is 112 cm³/mol. The summed E-state index contributed by atoms with van der Waals surface area (Å²) < 4.78 is 54.9. The fraction of sp³-hybridized carbons (Fsp3) is 0.100. The molecule has 170 valence electrons. The number of primary amides is 1. The summed E-state index contributed by atoms with van der Waals surface area (Å²) >= 11 is 6.06. The molecule has 4 aromatic rings. The summed E-state index contributed by atoms with van der Waals surface area (Å²) in [5, 5.41) is 10.4. The number of anilines is 2. The largest absolute Gasteiger partial charge is 0.453 e. The molecule has 0 radical (unpaired) electrons. The molecule has 0 saturated heterocycles. The molecule has 0 saturated carbocycles. The average molecular weight is 480 g/mol. The van der Waals surface area contributed by atoms with Gasteiger partial charge in [-0.3, -0.25) is 4.79 Å². The molecule has 0 fully saturated rings. The number of benzene rings is 2. The molecule has 0 unspecified atom stereocenters. The Bertz CT molecular complexity index is 1330. The van der Waals surface area contributed by atoms with Crippen LogP contribution in [0.1, 0.15) is 16.3 Å². The number of nitrogens with one attached hydrogen (secondary N) is 1. The second-order valence-electron chi connectivity index (χ2n) is 6.85. The number of nitrogens with two attached hydrogens (primary N) is 1. The lowest BCUT2D eigenvalue weighted by molar-refractivity contribution is -0.144. The standard InChI is InChI=1S/C20H14ClF4N7O/c1-31-18(28-19(30-31)20(23,24)25)10-5-7-11(8-6-10)27-14-9-32(29-15(14)17(26)33)16-12(21)3-2-4-13(16)22/h2-9,27H,1H3,(H2,26,33). The van der Waals surface area contributed by atoms with Gasteiger partial charge in [-0.1, -0.05) is 17.7 Å². The Morgan fingerprint density at radius 3 is 2.39 bits per heavy atom. The maximum atomic E-state index is 14.3. The second-order valence-corrected chi connectivity index (χ2v) is 7.26. The molecule has 33 heavy (non-hydrogen) atoms. The zero-order valence-electron chi connectivity index (χ0n) is 16.7. The lowest BCUT2D eigenvalue weighted by Gasteiger charge is -2.07. The Morgan fingerprint density at radius 2 is 1.82 bits per heavy atom. The maximum absolute atomic E-state index is 14.3. The highest BCUT2D eigenvalue weighted by atomic mass is 35.5. The lowest BCUT2D eigenvalue weighted by Crippen LogP contribution is -2.14. The number of para-hydroxylation sites is 1. The van der Waals surface area contributed by atoms with E-state index in [9.17, 15) is 22.4 Å². The van der Waals surface area contributed by atoms with Crippen LogP contribution < -0.4 is 11.1 Å². The molecule has 4 rings (SSSR count). The molecule has 2 heterocycles. The topological polar surface area (TPSA) is 104 Å². The highest BCUT2D eigenvalue weighted by molar-refractivity contribution is 6.32. The fourth-order valence-corrected chi connectivity index (χ4v) is 3.33. The molecule has 0 aliphatic rings. The molecule has 0 bridgehead atoms. The maximum Gasteiger partial charge on any atom is 0.453 e. The minimum atomic E-state index is -4.66. The van der Waals surface area contributed by atoms with Crippen molar-refractivity contribution in [2.45, 2.75) is 6.18 Å². The average Bonchev–Trinajstić information content (AvgIpc) is 3.32. The number of amides is 1. The van der Waals surface area contributed by atoms with E-state index in [1.807, 2.05) is 0 Å². The first-order valence-corrected chi connectivity index (χ1v) is 9.62. The van der Waals surface area contributed by atoms with Gasteiger partial charge in [0, 0.05) is 18.3 Å². The predicted octanol–water partition coefficient (Wildman–Crippen LogP) is 4.32. The SMILES string of the molecule is Cn1nc(C(F)(F)F)nc1-c1ccc(Nc2cn(-c3c(F)cccc3Cl)nc2C(N)=O)cc1. The van der Waals surface area contributed by atoms with Gasteiger partial charge in [0.15, 0.2) is 11.5 Å². The monoisotopic (exact) mass is 479 g/mol. The molecule has 8 nitrogen and oxygen atoms in total. The molecule has 1 amide bonds. The zero-order valence-corrected chi connectivity index (χ0v) is 17.5. The minimum absolute atomic E-state index is 0.0220. The molecule has 2 aromatic heterocycles. The van der Waals surface area contributed by atoms with Gasteiger partial charge in [0.05, 0.1) is 16.9 Å². The van der Waals surface area contributed by atoms with Gasteiger partial charge in [0.2, 0.25) is 0 Å². The van der Waals surface area contributed by atoms with Crippen LogP contribution >= 0.6 is 11.6 Å². The number of halogens is 5. The van der Waals surface area contributed by atoms with E-state index in [0.717, 1.165) is 9.36 Å². The van der Waals surface area contributed by atoms with Crippen LogP contribution in [0, 0.1) is 5.82 Å². The van der Waals surface area contributed by atoms with E-state index in [2.05, 4.69) is 20.5 Å². The molecule has 0 spiro atoms. The van der Waals surface area contributed by atoms with Crippen LogP contribution in [0.4, 0.5) is 28.9 Å². The van der Waals surface area contributed by atoms with E-state index in [0.29, 0.717) is 11.3 Å². The first-order chi connectivity index (χ1) is 15.5. The van der Waals surface area contributed by atoms with Crippen LogP contribution in [0.25, 0.3) is 17.1 Å². The van der Waals surface area contributed by atoms with Gasteiger partial charge in [-0.25, -0.2) is 18.7 Å². The molecule has 0 aliphatic heterocycles. The van der Waals surface area contributed by atoms with Crippen LogP contribution in [0.5, 0.6) is 0 Å². The number of carbonyl (C=O) groups excluding carboxylic acids is 1. The van der Waals surface area contributed by atoms with Gasteiger partial charge in [0.1, 0.15) is 11.5 Å². The Hall–Kier alpha value is -3.93. The van der Waals surface area contributed by atoms with Crippen LogP contribution in [0.3, 0.4) is 0 Å². The van der Waals surface area contributed by atoms with Gasteiger partial charge >= 0.3 is 6.18 Å².